The summed E-state index contributed by atoms with van der Waals surface area (Å²) in [6, 6.07) is 3.63. The number of ether oxygens (including phenoxy) is 2. The van der Waals surface area contributed by atoms with Crippen molar-refractivity contribution in [1.29, 1.82) is 0 Å². The summed E-state index contributed by atoms with van der Waals surface area (Å²) in [7, 11) is 0. The normalized spacial score (nSPS) is 10.6. The molecule has 0 atom stereocenters. The topological polar surface area (TPSA) is 38.7 Å². The smallest absolute Gasteiger partial charge is 0.162 e. The Morgan fingerprint density at radius 2 is 2.00 bits per heavy atom. The third-order valence-electron chi connectivity index (χ3n) is 1.95. The fourth-order valence-electron chi connectivity index (χ4n) is 1.31. The van der Waals surface area contributed by atoms with Gasteiger partial charge < -0.3 is 14.6 Å². The van der Waals surface area contributed by atoms with Gasteiger partial charge in [-0.1, -0.05) is 15.9 Å². The van der Waals surface area contributed by atoms with Crippen molar-refractivity contribution in [2.24, 2.45) is 0 Å². The zero-order valence-electron chi connectivity index (χ0n) is 9.79. The van der Waals surface area contributed by atoms with E-state index in [9.17, 15) is 0 Å². The molecular weight excluding hydrogens is 272 g/mol. The summed E-state index contributed by atoms with van der Waals surface area (Å²) in [5, 5.41) is 9.16. The van der Waals surface area contributed by atoms with Crippen LogP contribution in [0.3, 0.4) is 0 Å². The molecule has 3 nitrogen and oxygen atoms in total. The van der Waals surface area contributed by atoms with Gasteiger partial charge >= 0.3 is 0 Å². The molecule has 0 aliphatic carbocycles. The van der Waals surface area contributed by atoms with E-state index in [2.05, 4.69) is 15.9 Å². The van der Waals surface area contributed by atoms with E-state index in [0.29, 0.717) is 18.1 Å². The van der Waals surface area contributed by atoms with Crippen molar-refractivity contribution < 1.29 is 14.6 Å². The van der Waals surface area contributed by atoms with E-state index in [0.717, 1.165) is 10.0 Å². The maximum Gasteiger partial charge on any atom is 0.162 e. The van der Waals surface area contributed by atoms with Gasteiger partial charge in [-0.3, -0.25) is 0 Å². The van der Waals surface area contributed by atoms with Crippen LogP contribution in [0.2, 0.25) is 0 Å². The van der Waals surface area contributed by atoms with Crippen LogP contribution in [0, 0.1) is 0 Å². The molecule has 0 amide bonds. The average molecular weight is 289 g/mol. The standard InChI is InChI=1S/C12H17BrO3/c1-4-15-11-5-9(7-14)10(13)6-12(11)16-8(2)3/h5-6,8,14H,4,7H2,1-3H3. The molecule has 16 heavy (non-hydrogen) atoms. The van der Waals surface area contributed by atoms with Crippen LogP contribution in [0.15, 0.2) is 16.6 Å². The van der Waals surface area contributed by atoms with Gasteiger partial charge in [-0.2, -0.15) is 0 Å². The first kappa shape index (κ1) is 13.3. The Morgan fingerprint density at radius 3 is 2.50 bits per heavy atom. The first-order chi connectivity index (χ1) is 7.58. The quantitative estimate of drug-likeness (QED) is 0.905. The molecule has 0 spiro atoms. The highest BCUT2D eigenvalue weighted by atomic mass is 79.9. The third kappa shape index (κ3) is 3.39. The maximum absolute atomic E-state index is 9.16. The molecule has 0 unspecified atom stereocenters. The summed E-state index contributed by atoms with van der Waals surface area (Å²) >= 11 is 3.39. The van der Waals surface area contributed by atoms with Crippen molar-refractivity contribution in [3.63, 3.8) is 0 Å². The summed E-state index contributed by atoms with van der Waals surface area (Å²) in [5.74, 6) is 1.37. The lowest BCUT2D eigenvalue weighted by Gasteiger charge is -2.16. The maximum atomic E-state index is 9.16. The van der Waals surface area contributed by atoms with Crippen LogP contribution in [-0.4, -0.2) is 17.8 Å². The molecule has 90 valence electrons. The monoisotopic (exact) mass is 288 g/mol. The highest BCUT2D eigenvalue weighted by Crippen LogP contribution is 2.34. The average Bonchev–Trinajstić information content (AvgIpc) is 2.21. The van der Waals surface area contributed by atoms with Gasteiger partial charge in [-0.05, 0) is 38.5 Å². The molecular formula is C12H17BrO3. The Labute approximate surface area is 105 Å². The number of benzene rings is 1. The Hall–Kier alpha value is -0.740. The van der Waals surface area contributed by atoms with Crippen molar-refractivity contribution in [2.45, 2.75) is 33.5 Å². The summed E-state index contributed by atoms with van der Waals surface area (Å²) < 4.78 is 11.9. The Bertz CT molecular complexity index is 350. The summed E-state index contributed by atoms with van der Waals surface area (Å²) in [4.78, 5) is 0. The number of hydrogen-bond acceptors (Lipinski definition) is 3. The molecule has 1 rings (SSSR count). The highest BCUT2D eigenvalue weighted by molar-refractivity contribution is 9.10. The fourth-order valence-corrected chi connectivity index (χ4v) is 1.76. The van der Waals surface area contributed by atoms with E-state index >= 15 is 0 Å². The molecule has 0 bridgehead atoms. The Morgan fingerprint density at radius 1 is 1.31 bits per heavy atom. The third-order valence-corrected chi connectivity index (χ3v) is 2.68. The van der Waals surface area contributed by atoms with E-state index in [1.54, 1.807) is 6.07 Å². The molecule has 1 N–H and O–H groups in total. The van der Waals surface area contributed by atoms with Crippen LogP contribution in [0.4, 0.5) is 0 Å². The molecule has 0 aliphatic rings. The molecule has 0 saturated carbocycles. The van der Waals surface area contributed by atoms with Crippen LogP contribution in [-0.2, 0) is 6.61 Å². The van der Waals surface area contributed by atoms with Gasteiger partial charge in [0, 0.05) is 4.47 Å². The molecule has 0 radical (unpaired) electrons. The number of aliphatic hydroxyl groups excluding tert-OH is 1. The largest absolute Gasteiger partial charge is 0.490 e. The van der Waals surface area contributed by atoms with Crippen LogP contribution < -0.4 is 9.47 Å². The first-order valence-electron chi connectivity index (χ1n) is 5.31. The SMILES string of the molecule is CCOc1cc(CO)c(Br)cc1OC(C)C. The Kier molecular flexibility index (Phi) is 5.09. The van der Waals surface area contributed by atoms with E-state index in [1.165, 1.54) is 0 Å². The first-order valence-corrected chi connectivity index (χ1v) is 6.10. The molecule has 0 saturated heterocycles. The van der Waals surface area contributed by atoms with Crippen LogP contribution >= 0.6 is 15.9 Å². The molecule has 0 aliphatic heterocycles. The molecule has 1 aromatic carbocycles. The molecule has 0 heterocycles. The van der Waals surface area contributed by atoms with E-state index in [-0.39, 0.29) is 12.7 Å². The van der Waals surface area contributed by atoms with Crippen LogP contribution in [0.25, 0.3) is 0 Å². The van der Waals surface area contributed by atoms with Crippen LogP contribution in [0.5, 0.6) is 11.5 Å². The van der Waals surface area contributed by atoms with E-state index in [4.69, 9.17) is 14.6 Å². The summed E-state index contributed by atoms with van der Waals surface area (Å²) in [5.41, 5.74) is 0.791. The molecule has 4 heteroatoms. The minimum atomic E-state index is -0.0252. The minimum absolute atomic E-state index is 0.0252. The van der Waals surface area contributed by atoms with Gasteiger partial charge in [-0.15, -0.1) is 0 Å². The zero-order valence-corrected chi connectivity index (χ0v) is 11.4. The molecule has 1 aromatic rings. The van der Waals surface area contributed by atoms with Crippen molar-refractivity contribution in [3.8, 4) is 11.5 Å². The molecule has 0 fully saturated rings. The number of hydrogen-bond donors (Lipinski definition) is 1. The van der Waals surface area contributed by atoms with E-state index < -0.39 is 0 Å². The Balaban J connectivity index is 3.08. The second-order valence-corrected chi connectivity index (χ2v) is 4.50. The lowest BCUT2D eigenvalue weighted by molar-refractivity contribution is 0.222. The van der Waals surface area contributed by atoms with Gasteiger partial charge in [0.05, 0.1) is 19.3 Å². The molecule has 0 aromatic heterocycles. The fraction of sp³-hybridized carbons (Fsp3) is 0.500. The van der Waals surface area contributed by atoms with E-state index in [1.807, 2.05) is 26.8 Å². The second kappa shape index (κ2) is 6.11. The lowest BCUT2D eigenvalue weighted by atomic mass is 10.2. The second-order valence-electron chi connectivity index (χ2n) is 3.65. The van der Waals surface area contributed by atoms with Crippen LogP contribution in [0.1, 0.15) is 26.3 Å². The van der Waals surface area contributed by atoms with Gasteiger partial charge in [0.1, 0.15) is 0 Å². The lowest BCUT2D eigenvalue weighted by Crippen LogP contribution is -2.08. The minimum Gasteiger partial charge on any atom is -0.490 e. The summed E-state index contributed by atoms with van der Waals surface area (Å²) in [6.07, 6.45) is 0.0890. The van der Waals surface area contributed by atoms with Crippen molar-refractivity contribution >= 4 is 15.9 Å². The van der Waals surface area contributed by atoms with Gasteiger partial charge in [-0.25, -0.2) is 0 Å². The number of rotatable bonds is 5. The number of halogens is 1. The van der Waals surface area contributed by atoms with Crippen molar-refractivity contribution in [3.05, 3.63) is 22.2 Å². The van der Waals surface area contributed by atoms with Gasteiger partial charge in [0.2, 0.25) is 0 Å². The van der Waals surface area contributed by atoms with Crippen molar-refractivity contribution in [1.82, 2.24) is 0 Å². The van der Waals surface area contributed by atoms with Crippen molar-refractivity contribution in [2.75, 3.05) is 6.61 Å². The predicted molar refractivity (Wildman–Crippen MR) is 67.0 cm³/mol. The summed E-state index contributed by atoms with van der Waals surface area (Å²) in [6.45, 7) is 6.39. The van der Waals surface area contributed by atoms with Gasteiger partial charge in [0.25, 0.3) is 0 Å². The zero-order chi connectivity index (χ0) is 12.1. The van der Waals surface area contributed by atoms with Gasteiger partial charge in [0.15, 0.2) is 11.5 Å². The number of aliphatic hydroxyl groups is 1. The predicted octanol–water partition coefficient (Wildman–Crippen LogP) is 3.13. The highest BCUT2D eigenvalue weighted by Gasteiger charge is 2.11.